The molecule has 0 saturated carbocycles. The third-order valence-corrected chi connectivity index (χ3v) is 8.30. The number of pyridine rings is 1. The van der Waals surface area contributed by atoms with Gasteiger partial charge >= 0.3 is 0 Å². The SMILES string of the molecule is CC(=O)N1CCC(Oc2cc(CNC(=O)c3cccn(Cc4ccc(F)c(F)c4)c3=O)cc(C3=CNC4N=CC=CC34)c2)CC1. The molecule has 0 radical (unpaired) electrons. The summed E-state index contributed by atoms with van der Waals surface area (Å²) in [6.45, 7) is 2.95. The van der Waals surface area contributed by atoms with E-state index >= 15 is 0 Å². The van der Waals surface area contributed by atoms with Crippen LogP contribution in [0.2, 0.25) is 0 Å². The normalized spacial score (nSPS) is 19.1. The Balaban J connectivity index is 1.20. The number of hydrogen-bond acceptors (Lipinski definition) is 6. The summed E-state index contributed by atoms with van der Waals surface area (Å²) >= 11 is 0. The third kappa shape index (κ3) is 6.72. The number of piperidine rings is 1. The van der Waals surface area contributed by atoms with Crippen LogP contribution in [0.3, 0.4) is 0 Å². The summed E-state index contributed by atoms with van der Waals surface area (Å²) < 4.78 is 34.7. The third-order valence-electron chi connectivity index (χ3n) is 8.30. The monoisotopic (exact) mass is 613 g/mol. The molecule has 6 rings (SSSR count). The number of halogens is 2. The Kier molecular flexibility index (Phi) is 8.59. The van der Waals surface area contributed by atoms with Crippen LogP contribution in [0.5, 0.6) is 5.75 Å². The van der Waals surface area contributed by atoms with E-state index in [2.05, 4.69) is 21.7 Å². The molecule has 2 unspecified atom stereocenters. The number of nitrogens with one attached hydrogen (secondary N) is 2. The first-order chi connectivity index (χ1) is 21.7. The van der Waals surface area contributed by atoms with Crippen LogP contribution < -0.4 is 20.9 Å². The average Bonchev–Trinajstić information content (AvgIpc) is 3.47. The number of amides is 2. The maximum absolute atomic E-state index is 13.7. The minimum absolute atomic E-state index is 0.0188. The number of fused-ring (bicyclic) bond motifs is 1. The lowest BCUT2D eigenvalue weighted by Crippen LogP contribution is -2.40. The molecule has 0 bridgehead atoms. The van der Waals surface area contributed by atoms with Crippen molar-refractivity contribution in [2.45, 2.75) is 45.1 Å². The predicted molar refractivity (Wildman–Crippen MR) is 166 cm³/mol. The van der Waals surface area contributed by atoms with Gasteiger partial charge in [0.15, 0.2) is 11.6 Å². The zero-order valence-electron chi connectivity index (χ0n) is 24.7. The lowest BCUT2D eigenvalue weighted by atomic mass is 9.91. The summed E-state index contributed by atoms with van der Waals surface area (Å²) in [5, 5.41) is 6.17. The van der Waals surface area contributed by atoms with Gasteiger partial charge in [0.25, 0.3) is 11.5 Å². The molecule has 2 N–H and O–H groups in total. The fourth-order valence-corrected chi connectivity index (χ4v) is 5.90. The molecule has 3 aromatic rings. The van der Waals surface area contributed by atoms with Crippen molar-refractivity contribution in [2.24, 2.45) is 10.9 Å². The Bertz CT molecular complexity index is 1770. The summed E-state index contributed by atoms with van der Waals surface area (Å²) in [6.07, 6.45) is 10.5. The largest absolute Gasteiger partial charge is 0.490 e. The smallest absolute Gasteiger partial charge is 0.263 e. The maximum Gasteiger partial charge on any atom is 0.263 e. The first kappa shape index (κ1) is 30.0. The molecule has 4 heterocycles. The average molecular weight is 614 g/mol. The highest BCUT2D eigenvalue weighted by molar-refractivity contribution is 5.93. The molecular formula is C34H33F2N5O4. The Morgan fingerprint density at radius 2 is 1.89 bits per heavy atom. The molecule has 0 aliphatic carbocycles. The Morgan fingerprint density at radius 1 is 1.07 bits per heavy atom. The van der Waals surface area contributed by atoms with E-state index < -0.39 is 23.1 Å². The van der Waals surface area contributed by atoms with Gasteiger partial charge in [-0.25, -0.2) is 8.78 Å². The van der Waals surface area contributed by atoms with Gasteiger partial charge in [0, 0.05) is 63.9 Å². The number of dihydropyridines is 1. The van der Waals surface area contributed by atoms with E-state index in [0.717, 1.165) is 28.8 Å². The van der Waals surface area contributed by atoms with Crippen molar-refractivity contribution in [1.82, 2.24) is 20.1 Å². The highest BCUT2D eigenvalue weighted by Crippen LogP contribution is 2.35. The zero-order valence-corrected chi connectivity index (χ0v) is 24.7. The van der Waals surface area contributed by atoms with E-state index in [0.29, 0.717) is 37.2 Å². The molecule has 45 heavy (non-hydrogen) atoms. The van der Waals surface area contributed by atoms with E-state index in [-0.39, 0.29) is 42.7 Å². The van der Waals surface area contributed by atoms with Gasteiger partial charge in [0.05, 0.1) is 6.54 Å². The Hall–Kier alpha value is -5.06. The van der Waals surface area contributed by atoms with E-state index in [1.807, 2.05) is 35.4 Å². The van der Waals surface area contributed by atoms with Crippen LogP contribution in [0.25, 0.3) is 5.57 Å². The predicted octanol–water partition coefficient (Wildman–Crippen LogP) is 4.02. The molecule has 2 aromatic carbocycles. The zero-order chi connectivity index (χ0) is 31.5. The van der Waals surface area contributed by atoms with Gasteiger partial charge in [-0.2, -0.15) is 0 Å². The van der Waals surface area contributed by atoms with Crippen LogP contribution in [0, 0.1) is 17.6 Å². The van der Waals surface area contributed by atoms with Gasteiger partial charge in [-0.3, -0.25) is 19.4 Å². The first-order valence-electron chi connectivity index (χ1n) is 14.9. The number of rotatable bonds is 8. The molecule has 1 fully saturated rings. The number of benzene rings is 2. The fraction of sp³-hybridized carbons (Fsp3) is 0.294. The minimum Gasteiger partial charge on any atom is -0.490 e. The van der Waals surface area contributed by atoms with Crippen molar-refractivity contribution in [3.05, 3.63) is 117 Å². The lowest BCUT2D eigenvalue weighted by molar-refractivity contribution is -0.130. The Morgan fingerprint density at radius 3 is 2.67 bits per heavy atom. The van der Waals surface area contributed by atoms with E-state index in [4.69, 9.17) is 4.74 Å². The van der Waals surface area contributed by atoms with Gasteiger partial charge in [-0.15, -0.1) is 0 Å². The van der Waals surface area contributed by atoms with E-state index in [9.17, 15) is 23.2 Å². The molecule has 3 aliphatic heterocycles. The summed E-state index contributed by atoms with van der Waals surface area (Å²) in [7, 11) is 0. The number of allylic oxidation sites excluding steroid dienone is 1. The second kappa shape index (κ2) is 12.9. The second-order valence-electron chi connectivity index (χ2n) is 11.4. The summed E-state index contributed by atoms with van der Waals surface area (Å²) in [6, 6.07) is 12.3. The molecule has 1 saturated heterocycles. The standard InChI is InChI=1S/C34H33F2N5O4/c1-21(42)40-12-8-25(9-13-40)45-26-15-23(14-24(17-26)29-19-38-32-27(29)4-2-10-37-32)18-39-33(43)28-5-3-11-41(34(28)44)20-22-6-7-30(35)31(36)16-22/h2-7,10-11,14-17,19,25,27,32,38H,8-9,12-13,18,20H2,1H3,(H,39,43). The number of ether oxygens (including phenoxy) is 1. The summed E-state index contributed by atoms with van der Waals surface area (Å²) in [5.41, 5.74) is 2.52. The molecule has 2 atom stereocenters. The van der Waals surface area contributed by atoms with E-state index in [1.165, 1.54) is 22.9 Å². The molecule has 9 nitrogen and oxygen atoms in total. The van der Waals surface area contributed by atoms with Crippen molar-refractivity contribution in [3.8, 4) is 5.75 Å². The van der Waals surface area contributed by atoms with Gasteiger partial charge in [-0.1, -0.05) is 12.1 Å². The quantitative estimate of drug-likeness (QED) is 0.400. The van der Waals surface area contributed by atoms with Crippen molar-refractivity contribution in [1.29, 1.82) is 0 Å². The number of aliphatic imine (C=N–C) groups is 1. The molecule has 0 spiro atoms. The van der Waals surface area contributed by atoms with Crippen molar-refractivity contribution in [3.63, 3.8) is 0 Å². The number of aromatic nitrogens is 1. The van der Waals surface area contributed by atoms with Crippen LogP contribution in [-0.4, -0.2) is 52.9 Å². The number of nitrogens with zero attached hydrogens (tertiary/aromatic N) is 3. The Labute approximate surface area is 258 Å². The molecular weight excluding hydrogens is 580 g/mol. The van der Waals surface area contributed by atoms with Crippen molar-refractivity contribution in [2.75, 3.05) is 13.1 Å². The second-order valence-corrected chi connectivity index (χ2v) is 11.4. The first-order valence-corrected chi connectivity index (χ1v) is 14.9. The van der Waals surface area contributed by atoms with Gasteiger partial charge in [0.1, 0.15) is 23.6 Å². The minimum atomic E-state index is -1.01. The summed E-state index contributed by atoms with van der Waals surface area (Å²) in [5.74, 6) is -1.78. The lowest BCUT2D eigenvalue weighted by Gasteiger charge is -2.31. The molecule has 232 valence electrons. The van der Waals surface area contributed by atoms with Gasteiger partial charge in [0.2, 0.25) is 5.91 Å². The number of likely N-dealkylation sites (tertiary alicyclic amines) is 1. The van der Waals surface area contributed by atoms with Crippen LogP contribution in [0.1, 0.15) is 46.8 Å². The van der Waals surface area contributed by atoms with Gasteiger partial charge in [-0.05, 0) is 70.8 Å². The number of carbonyl (C=O) groups excluding carboxylic acids is 2. The molecule has 2 amide bonds. The fourth-order valence-electron chi connectivity index (χ4n) is 5.90. The highest BCUT2D eigenvalue weighted by atomic mass is 19.2. The molecule has 1 aromatic heterocycles. The summed E-state index contributed by atoms with van der Waals surface area (Å²) in [4.78, 5) is 44.4. The van der Waals surface area contributed by atoms with Crippen molar-refractivity contribution < 1.29 is 23.1 Å². The highest BCUT2D eigenvalue weighted by Gasteiger charge is 2.30. The van der Waals surface area contributed by atoms with E-state index in [1.54, 1.807) is 19.2 Å². The number of hydrogen-bond donors (Lipinski definition) is 2. The van der Waals surface area contributed by atoms with Crippen molar-refractivity contribution >= 4 is 23.6 Å². The topological polar surface area (TPSA) is 105 Å². The van der Waals surface area contributed by atoms with Crippen LogP contribution in [0.15, 0.2) is 82.9 Å². The number of carbonyl (C=O) groups is 2. The van der Waals surface area contributed by atoms with Crippen LogP contribution in [-0.2, 0) is 17.9 Å². The maximum atomic E-state index is 13.7. The van der Waals surface area contributed by atoms with Gasteiger partial charge < -0.3 is 24.8 Å². The molecule has 11 heteroatoms. The van der Waals surface area contributed by atoms with Crippen LogP contribution in [0.4, 0.5) is 8.78 Å². The molecule has 3 aliphatic rings. The van der Waals surface area contributed by atoms with Crippen LogP contribution >= 0.6 is 0 Å².